The van der Waals surface area contributed by atoms with E-state index in [0.29, 0.717) is 5.56 Å². The standard InChI is InChI=1S/C21H12O4/c22-17-10-11-18(23)20(21(24)25)19(17)16-7-3-6-14-13-5-2-1-4-12(13)8-9-15(14)16/h1-11H,(H,24,25). The Hall–Kier alpha value is -3.53. The minimum atomic E-state index is -1.39. The molecule has 4 nitrogen and oxygen atoms in total. The number of carbonyl (C=O) groups is 3. The highest BCUT2D eigenvalue weighted by Crippen LogP contribution is 2.34. The van der Waals surface area contributed by atoms with Crippen LogP contribution in [0.3, 0.4) is 0 Å². The molecular formula is C21H12O4. The van der Waals surface area contributed by atoms with Gasteiger partial charge >= 0.3 is 5.97 Å². The number of benzene rings is 3. The second kappa shape index (κ2) is 5.53. The summed E-state index contributed by atoms with van der Waals surface area (Å²) < 4.78 is 0. The number of ketones is 2. The van der Waals surface area contributed by atoms with E-state index >= 15 is 0 Å². The van der Waals surface area contributed by atoms with Gasteiger partial charge in [0.25, 0.3) is 0 Å². The minimum Gasteiger partial charge on any atom is -0.478 e. The lowest BCUT2D eigenvalue weighted by Crippen LogP contribution is -2.20. The number of carboxylic acids is 1. The van der Waals surface area contributed by atoms with Crippen molar-refractivity contribution in [3.63, 3.8) is 0 Å². The van der Waals surface area contributed by atoms with Crippen molar-refractivity contribution < 1.29 is 19.5 Å². The van der Waals surface area contributed by atoms with Crippen LogP contribution in [0.15, 0.2) is 72.3 Å². The Labute approximate surface area is 142 Å². The van der Waals surface area contributed by atoms with E-state index in [4.69, 9.17) is 0 Å². The summed E-state index contributed by atoms with van der Waals surface area (Å²) in [6.45, 7) is 0. The molecule has 120 valence electrons. The molecule has 0 saturated carbocycles. The lowest BCUT2D eigenvalue weighted by Gasteiger charge is -2.15. The van der Waals surface area contributed by atoms with Crippen molar-refractivity contribution in [2.45, 2.75) is 0 Å². The van der Waals surface area contributed by atoms with Crippen molar-refractivity contribution in [2.24, 2.45) is 0 Å². The van der Waals surface area contributed by atoms with E-state index in [9.17, 15) is 19.5 Å². The van der Waals surface area contributed by atoms with Crippen LogP contribution in [0, 0.1) is 0 Å². The number of carbonyl (C=O) groups excluding carboxylic acids is 2. The molecule has 0 heterocycles. The van der Waals surface area contributed by atoms with Gasteiger partial charge in [-0.15, -0.1) is 0 Å². The van der Waals surface area contributed by atoms with Crippen molar-refractivity contribution >= 4 is 44.7 Å². The average Bonchev–Trinajstić information content (AvgIpc) is 2.62. The molecule has 1 N–H and O–H groups in total. The van der Waals surface area contributed by atoms with Crippen LogP contribution in [-0.2, 0) is 14.4 Å². The van der Waals surface area contributed by atoms with Crippen molar-refractivity contribution in [1.82, 2.24) is 0 Å². The molecule has 0 atom stereocenters. The number of carboxylic acid groups (broad SMARTS) is 1. The van der Waals surface area contributed by atoms with E-state index < -0.39 is 23.1 Å². The van der Waals surface area contributed by atoms with Crippen LogP contribution in [0.25, 0.3) is 27.1 Å². The number of hydrogen-bond acceptors (Lipinski definition) is 3. The van der Waals surface area contributed by atoms with Gasteiger partial charge in [-0.1, -0.05) is 54.6 Å². The highest BCUT2D eigenvalue weighted by atomic mass is 16.4. The van der Waals surface area contributed by atoms with Crippen molar-refractivity contribution in [1.29, 1.82) is 0 Å². The largest absolute Gasteiger partial charge is 0.478 e. The van der Waals surface area contributed by atoms with Gasteiger partial charge in [0.2, 0.25) is 0 Å². The predicted octanol–water partition coefficient (Wildman–Crippen LogP) is 3.54. The molecule has 0 aromatic heterocycles. The second-order valence-corrected chi connectivity index (χ2v) is 5.80. The third-order valence-corrected chi connectivity index (χ3v) is 4.40. The summed E-state index contributed by atoms with van der Waals surface area (Å²) in [5.74, 6) is -2.53. The van der Waals surface area contributed by atoms with E-state index in [2.05, 4.69) is 0 Å². The average molecular weight is 328 g/mol. The van der Waals surface area contributed by atoms with Crippen LogP contribution in [0.5, 0.6) is 0 Å². The molecule has 1 aliphatic rings. The predicted molar refractivity (Wildman–Crippen MR) is 95.2 cm³/mol. The number of rotatable bonds is 2. The molecule has 1 aliphatic carbocycles. The van der Waals surface area contributed by atoms with Gasteiger partial charge in [0.15, 0.2) is 11.6 Å². The molecule has 0 spiro atoms. The Morgan fingerprint density at radius 2 is 1.44 bits per heavy atom. The van der Waals surface area contributed by atoms with Gasteiger partial charge in [0.05, 0.1) is 0 Å². The molecule has 4 rings (SSSR count). The molecule has 0 aliphatic heterocycles. The molecular weight excluding hydrogens is 316 g/mol. The summed E-state index contributed by atoms with van der Waals surface area (Å²) in [4.78, 5) is 36.0. The van der Waals surface area contributed by atoms with Crippen LogP contribution in [0.4, 0.5) is 0 Å². The quantitative estimate of drug-likeness (QED) is 0.444. The SMILES string of the molecule is O=C(O)C1=C(c2cccc3c2ccc2ccccc23)C(=O)C=CC1=O. The third kappa shape index (κ3) is 2.27. The van der Waals surface area contributed by atoms with Gasteiger partial charge in [-0.05, 0) is 39.3 Å². The second-order valence-electron chi connectivity index (χ2n) is 5.80. The van der Waals surface area contributed by atoms with Gasteiger partial charge in [-0.25, -0.2) is 4.79 Å². The summed E-state index contributed by atoms with van der Waals surface area (Å²) in [5, 5.41) is 13.1. The molecule has 0 saturated heterocycles. The first-order valence-electron chi connectivity index (χ1n) is 7.73. The van der Waals surface area contributed by atoms with E-state index in [0.717, 1.165) is 33.7 Å². The molecule has 3 aromatic rings. The maximum absolute atomic E-state index is 12.4. The molecule has 0 fully saturated rings. The summed E-state index contributed by atoms with van der Waals surface area (Å²) in [5.41, 5.74) is -0.0719. The molecule has 0 radical (unpaired) electrons. The first-order chi connectivity index (χ1) is 12.1. The van der Waals surface area contributed by atoms with E-state index in [-0.39, 0.29) is 5.57 Å². The Kier molecular flexibility index (Phi) is 3.32. The van der Waals surface area contributed by atoms with E-state index in [1.54, 1.807) is 12.1 Å². The Bertz CT molecular complexity index is 1150. The van der Waals surface area contributed by atoms with Crippen molar-refractivity contribution in [3.05, 3.63) is 77.9 Å². The summed E-state index contributed by atoms with van der Waals surface area (Å²) in [7, 11) is 0. The fraction of sp³-hybridized carbons (Fsp3) is 0. The molecule has 0 amide bonds. The lowest BCUT2D eigenvalue weighted by atomic mass is 9.86. The maximum Gasteiger partial charge on any atom is 0.340 e. The first kappa shape index (κ1) is 15.0. The fourth-order valence-corrected chi connectivity index (χ4v) is 3.30. The molecule has 0 unspecified atom stereocenters. The van der Waals surface area contributed by atoms with Crippen LogP contribution < -0.4 is 0 Å². The molecule has 25 heavy (non-hydrogen) atoms. The van der Waals surface area contributed by atoms with Crippen LogP contribution in [0.2, 0.25) is 0 Å². The van der Waals surface area contributed by atoms with Gasteiger partial charge in [-0.3, -0.25) is 9.59 Å². The molecule has 3 aromatic carbocycles. The number of fused-ring (bicyclic) bond motifs is 3. The first-order valence-corrected chi connectivity index (χ1v) is 7.73. The van der Waals surface area contributed by atoms with Crippen LogP contribution >= 0.6 is 0 Å². The zero-order valence-corrected chi connectivity index (χ0v) is 13.0. The highest BCUT2D eigenvalue weighted by Gasteiger charge is 2.29. The van der Waals surface area contributed by atoms with Crippen LogP contribution in [0.1, 0.15) is 5.56 Å². The van der Waals surface area contributed by atoms with Gasteiger partial charge in [0, 0.05) is 5.57 Å². The Morgan fingerprint density at radius 3 is 2.24 bits per heavy atom. The van der Waals surface area contributed by atoms with E-state index in [1.165, 1.54) is 0 Å². The maximum atomic E-state index is 12.4. The summed E-state index contributed by atoms with van der Waals surface area (Å²) in [6.07, 6.45) is 2.14. The summed E-state index contributed by atoms with van der Waals surface area (Å²) in [6, 6.07) is 17.0. The van der Waals surface area contributed by atoms with Gasteiger partial charge in [0.1, 0.15) is 5.57 Å². The topological polar surface area (TPSA) is 71.4 Å². The zero-order chi connectivity index (χ0) is 17.6. The van der Waals surface area contributed by atoms with E-state index in [1.807, 2.05) is 42.5 Å². The van der Waals surface area contributed by atoms with Crippen molar-refractivity contribution in [3.8, 4) is 0 Å². The number of allylic oxidation sites excluding steroid dienone is 3. The zero-order valence-electron chi connectivity index (χ0n) is 13.0. The number of hydrogen-bond donors (Lipinski definition) is 1. The van der Waals surface area contributed by atoms with Gasteiger partial charge < -0.3 is 5.11 Å². The Morgan fingerprint density at radius 1 is 0.720 bits per heavy atom. The minimum absolute atomic E-state index is 0.0547. The summed E-state index contributed by atoms with van der Waals surface area (Å²) >= 11 is 0. The number of aliphatic carboxylic acids is 1. The molecule has 4 heteroatoms. The smallest absolute Gasteiger partial charge is 0.340 e. The van der Waals surface area contributed by atoms with Gasteiger partial charge in [-0.2, -0.15) is 0 Å². The monoisotopic (exact) mass is 328 g/mol. The van der Waals surface area contributed by atoms with Crippen LogP contribution in [-0.4, -0.2) is 22.6 Å². The van der Waals surface area contributed by atoms with Crippen molar-refractivity contribution in [2.75, 3.05) is 0 Å². The fourth-order valence-electron chi connectivity index (χ4n) is 3.30. The Balaban J connectivity index is 2.12. The highest BCUT2D eigenvalue weighted by molar-refractivity contribution is 6.43. The third-order valence-electron chi connectivity index (χ3n) is 4.40. The lowest BCUT2D eigenvalue weighted by molar-refractivity contribution is -0.134. The molecule has 0 bridgehead atoms. The normalized spacial score (nSPS) is 14.6.